The molecule has 0 aliphatic carbocycles. The van der Waals surface area contributed by atoms with Crippen molar-refractivity contribution in [2.75, 3.05) is 16.4 Å². The summed E-state index contributed by atoms with van der Waals surface area (Å²) in [5.74, 6) is 0. The minimum Gasteiger partial charge on any atom is -0.310 e. The second kappa shape index (κ2) is 19.0. The van der Waals surface area contributed by atoms with Gasteiger partial charge in [0, 0.05) is 34.7 Å². The van der Waals surface area contributed by atoms with Gasteiger partial charge in [-0.25, -0.2) is 0 Å². The van der Waals surface area contributed by atoms with E-state index in [9.17, 15) is 0 Å². The summed E-state index contributed by atoms with van der Waals surface area (Å²) in [6.45, 7) is 0. The second-order valence-electron chi connectivity index (χ2n) is 12.4. The van der Waals surface area contributed by atoms with Gasteiger partial charge in [-0.1, -0.05) is 132 Å². The van der Waals surface area contributed by atoms with Crippen LogP contribution in [0.25, 0.3) is 11.1 Å². The molecule has 2 nitrogen and oxygen atoms in total. The van der Waals surface area contributed by atoms with Crippen molar-refractivity contribution in [1.82, 2.24) is 4.98 Å². The third-order valence-electron chi connectivity index (χ3n) is 9.13. The van der Waals surface area contributed by atoms with E-state index in [4.69, 9.17) is 0 Å². The summed E-state index contributed by atoms with van der Waals surface area (Å²) in [4.78, 5) is 6.44. The first-order chi connectivity index (χ1) is 25.3. The molecular formula is C47H45BrN2P+. The topological polar surface area (TPSA) is 16.1 Å². The molecule has 0 saturated carbocycles. The summed E-state index contributed by atoms with van der Waals surface area (Å²) in [5.41, 5.74) is 5.75. The SMILES string of the molecule is BrCCCCCC[P+](c1ccccc1)(c1ccccc1)c1ccccc1.c1ccc(N(c2ccccc2)c2ccccc2-c2ccncc2)cc1. The Bertz CT molecular complexity index is 1860. The van der Waals surface area contributed by atoms with E-state index < -0.39 is 7.26 Å². The molecule has 0 radical (unpaired) electrons. The van der Waals surface area contributed by atoms with Crippen LogP contribution in [0.2, 0.25) is 0 Å². The monoisotopic (exact) mass is 747 g/mol. The summed E-state index contributed by atoms with van der Waals surface area (Å²) in [5, 5.41) is 5.61. The molecule has 0 N–H and O–H groups in total. The van der Waals surface area contributed by atoms with Crippen molar-refractivity contribution in [3.8, 4) is 11.1 Å². The van der Waals surface area contributed by atoms with Crippen molar-refractivity contribution in [2.45, 2.75) is 25.7 Å². The third kappa shape index (κ3) is 9.11. The lowest BCUT2D eigenvalue weighted by molar-refractivity contribution is 0.711. The fourth-order valence-electron chi connectivity index (χ4n) is 6.70. The van der Waals surface area contributed by atoms with E-state index in [1.54, 1.807) is 0 Å². The molecule has 0 bridgehead atoms. The van der Waals surface area contributed by atoms with Gasteiger partial charge < -0.3 is 4.90 Å². The van der Waals surface area contributed by atoms with Crippen LogP contribution in [0.3, 0.4) is 0 Å². The second-order valence-corrected chi connectivity index (χ2v) is 16.8. The van der Waals surface area contributed by atoms with E-state index in [1.807, 2.05) is 36.7 Å². The van der Waals surface area contributed by atoms with Crippen molar-refractivity contribution < 1.29 is 0 Å². The maximum atomic E-state index is 4.15. The number of unbranched alkanes of at least 4 members (excludes halogenated alkanes) is 3. The number of nitrogens with zero attached hydrogens (tertiary/aromatic N) is 2. The number of pyridine rings is 1. The fourth-order valence-corrected chi connectivity index (χ4v) is 11.5. The van der Waals surface area contributed by atoms with Crippen molar-refractivity contribution >= 4 is 56.2 Å². The summed E-state index contributed by atoms with van der Waals surface area (Å²) >= 11 is 3.56. The molecule has 6 aromatic carbocycles. The van der Waals surface area contributed by atoms with Gasteiger partial charge in [0.05, 0.1) is 11.8 Å². The largest absolute Gasteiger partial charge is 0.310 e. The van der Waals surface area contributed by atoms with Gasteiger partial charge in [0.1, 0.15) is 23.2 Å². The van der Waals surface area contributed by atoms with E-state index in [0.717, 1.165) is 28.0 Å². The van der Waals surface area contributed by atoms with Gasteiger partial charge in [0.15, 0.2) is 0 Å². The third-order valence-corrected chi connectivity index (χ3v) is 14.2. The van der Waals surface area contributed by atoms with E-state index in [1.165, 1.54) is 53.3 Å². The standard InChI is InChI=1S/C24H27BrP.C23H18N2/c25-20-12-1-2-13-21-26(22-14-6-3-7-15-22,23-16-8-4-9-17-23)24-18-10-5-11-19-24;1-3-9-20(10-4-1)25(21-11-5-2-6-12-21)23-14-8-7-13-22(23)19-15-17-24-18-16-19/h3-11,14-19H,1-2,12-13,20-21H2;1-18H/q+1;. The van der Waals surface area contributed by atoms with Gasteiger partial charge in [-0.3, -0.25) is 4.98 Å². The number of rotatable bonds is 13. The van der Waals surface area contributed by atoms with Gasteiger partial charge in [0.25, 0.3) is 0 Å². The van der Waals surface area contributed by atoms with Crippen LogP contribution in [0.5, 0.6) is 0 Å². The molecule has 0 saturated heterocycles. The molecule has 7 aromatic rings. The Morgan fingerprint density at radius 2 is 0.843 bits per heavy atom. The van der Waals surface area contributed by atoms with Crippen molar-refractivity contribution in [3.05, 3.63) is 200 Å². The molecule has 0 aliphatic rings. The van der Waals surface area contributed by atoms with Gasteiger partial charge in [-0.2, -0.15) is 0 Å². The molecule has 0 aliphatic heterocycles. The summed E-state index contributed by atoms with van der Waals surface area (Å²) in [6, 6.07) is 67.1. The molecule has 0 atom stereocenters. The van der Waals surface area contributed by atoms with E-state index >= 15 is 0 Å². The zero-order valence-corrected chi connectivity index (χ0v) is 31.5. The van der Waals surface area contributed by atoms with Crippen LogP contribution in [-0.4, -0.2) is 16.5 Å². The number of benzene rings is 6. The quantitative estimate of drug-likeness (QED) is 0.0663. The first kappa shape index (κ1) is 36.0. The molecule has 0 spiro atoms. The van der Waals surface area contributed by atoms with Crippen molar-refractivity contribution in [1.29, 1.82) is 0 Å². The molecule has 0 fully saturated rings. The number of hydrogen-bond donors (Lipinski definition) is 0. The maximum absolute atomic E-state index is 4.15. The highest BCUT2D eigenvalue weighted by Gasteiger charge is 2.44. The Balaban J connectivity index is 0.000000176. The Labute approximate surface area is 313 Å². The Morgan fingerprint density at radius 3 is 1.31 bits per heavy atom. The molecule has 254 valence electrons. The molecule has 0 unspecified atom stereocenters. The number of hydrogen-bond acceptors (Lipinski definition) is 2. The van der Waals surface area contributed by atoms with Crippen LogP contribution >= 0.6 is 23.2 Å². The number of alkyl halides is 1. The predicted molar refractivity (Wildman–Crippen MR) is 227 cm³/mol. The fraction of sp³-hybridized carbons (Fsp3) is 0.128. The lowest BCUT2D eigenvalue weighted by Gasteiger charge is -2.27. The van der Waals surface area contributed by atoms with Gasteiger partial charge in [-0.15, -0.1) is 0 Å². The highest BCUT2D eigenvalue weighted by molar-refractivity contribution is 9.09. The van der Waals surface area contributed by atoms with Crippen molar-refractivity contribution in [3.63, 3.8) is 0 Å². The zero-order chi connectivity index (χ0) is 35.0. The Morgan fingerprint density at radius 1 is 0.431 bits per heavy atom. The van der Waals surface area contributed by atoms with E-state index in [-0.39, 0.29) is 0 Å². The molecule has 4 heteroatoms. The summed E-state index contributed by atoms with van der Waals surface area (Å²) in [7, 11) is -1.61. The van der Waals surface area contributed by atoms with E-state index in [2.05, 4.69) is 190 Å². The van der Waals surface area contributed by atoms with E-state index in [0.29, 0.717) is 0 Å². The van der Waals surface area contributed by atoms with Crippen LogP contribution in [0.1, 0.15) is 25.7 Å². The van der Waals surface area contributed by atoms with Crippen LogP contribution in [0.15, 0.2) is 200 Å². The lowest BCUT2D eigenvalue weighted by atomic mass is 10.0. The number of para-hydroxylation sites is 3. The van der Waals surface area contributed by atoms with Gasteiger partial charge in [0.2, 0.25) is 0 Å². The van der Waals surface area contributed by atoms with Crippen LogP contribution in [0.4, 0.5) is 17.1 Å². The molecule has 51 heavy (non-hydrogen) atoms. The molecule has 7 rings (SSSR count). The predicted octanol–water partition coefficient (Wildman–Crippen LogP) is 12.2. The maximum Gasteiger partial charge on any atom is 0.112 e. The molecule has 1 aromatic heterocycles. The van der Waals surface area contributed by atoms with Crippen LogP contribution in [-0.2, 0) is 0 Å². The highest BCUT2D eigenvalue weighted by Crippen LogP contribution is 2.56. The van der Waals surface area contributed by atoms with Crippen LogP contribution in [0, 0.1) is 0 Å². The summed E-state index contributed by atoms with van der Waals surface area (Å²) in [6.07, 6.45) is 10.1. The normalized spacial score (nSPS) is 10.9. The minimum atomic E-state index is -1.61. The number of aromatic nitrogens is 1. The smallest absolute Gasteiger partial charge is 0.112 e. The first-order valence-corrected chi connectivity index (χ1v) is 20.9. The molecule has 0 amide bonds. The van der Waals surface area contributed by atoms with Crippen molar-refractivity contribution in [2.24, 2.45) is 0 Å². The Hall–Kier alpha value is -4.82. The average molecular weight is 749 g/mol. The van der Waals surface area contributed by atoms with Crippen LogP contribution < -0.4 is 20.8 Å². The number of anilines is 3. The van der Waals surface area contributed by atoms with Gasteiger partial charge in [-0.05, 0) is 104 Å². The average Bonchev–Trinajstić information content (AvgIpc) is 3.22. The minimum absolute atomic E-state index is 1.11. The molecule has 1 heterocycles. The highest BCUT2D eigenvalue weighted by atomic mass is 79.9. The first-order valence-electron chi connectivity index (χ1n) is 17.8. The number of halogens is 1. The zero-order valence-electron chi connectivity index (χ0n) is 29.0. The Kier molecular flexibility index (Phi) is 13.4. The lowest BCUT2D eigenvalue weighted by Crippen LogP contribution is -2.33. The molecular weight excluding hydrogens is 703 g/mol. The van der Waals surface area contributed by atoms with Gasteiger partial charge >= 0.3 is 0 Å². The summed E-state index contributed by atoms with van der Waals surface area (Å²) < 4.78 is 0.